The molecule has 8 heteroatoms. The molecule has 1 aliphatic rings. The van der Waals surface area contributed by atoms with E-state index in [1.165, 1.54) is 25.3 Å². The van der Waals surface area contributed by atoms with Gasteiger partial charge in [0.05, 0.1) is 22.6 Å². The van der Waals surface area contributed by atoms with E-state index in [1.807, 2.05) is 0 Å². The summed E-state index contributed by atoms with van der Waals surface area (Å²) in [5.41, 5.74) is 5.86. The van der Waals surface area contributed by atoms with Gasteiger partial charge in [0.2, 0.25) is 10.0 Å². The molecule has 1 atom stereocenters. The van der Waals surface area contributed by atoms with Crippen molar-refractivity contribution in [1.82, 2.24) is 4.72 Å². The van der Waals surface area contributed by atoms with Crippen molar-refractivity contribution in [2.75, 3.05) is 13.7 Å². The van der Waals surface area contributed by atoms with Gasteiger partial charge in [-0.3, -0.25) is 0 Å². The summed E-state index contributed by atoms with van der Waals surface area (Å²) >= 11 is 5.99. The van der Waals surface area contributed by atoms with Gasteiger partial charge in [0.25, 0.3) is 0 Å². The van der Waals surface area contributed by atoms with Crippen LogP contribution in [0.25, 0.3) is 0 Å². The second-order valence-electron chi connectivity index (χ2n) is 5.64. The number of rotatable bonds is 6. The first kappa shape index (κ1) is 18.2. The highest BCUT2D eigenvalue weighted by molar-refractivity contribution is 7.89. The Morgan fingerprint density at radius 2 is 2.09 bits per heavy atom. The Bertz CT molecular complexity index is 672. The second-order valence-corrected chi connectivity index (χ2v) is 7.76. The van der Waals surface area contributed by atoms with Gasteiger partial charge in [-0.15, -0.1) is 0 Å². The van der Waals surface area contributed by atoms with E-state index in [4.69, 9.17) is 17.3 Å². The minimum atomic E-state index is -3.75. The lowest BCUT2D eigenvalue weighted by molar-refractivity contribution is 0.0601. The van der Waals surface area contributed by atoms with Crippen molar-refractivity contribution in [3.8, 4) is 0 Å². The minimum Gasteiger partial charge on any atom is -0.465 e. The standard InChI is InChI=1S/C15H21ClN2O4S/c1-22-15(19)12-7-6-11(8-13(12)16)23(20,21)18-14(9-17)10-4-2-3-5-10/h6-8,10,14,18H,2-5,9,17H2,1H3. The summed E-state index contributed by atoms with van der Waals surface area (Å²) in [5, 5.41) is 0.0323. The van der Waals surface area contributed by atoms with Gasteiger partial charge in [-0.25, -0.2) is 17.9 Å². The van der Waals surface area contributed by atoms with Crippen LogP contribution in [0.15, 0.2) is 23.1 Å². The van der Waals surface area contributed by atoms with Gasteiger partial charge in [0.1, 0.15) is 0 Å². The zero-order valence-corrected chi connectivity index (χ0v) is 14.5. The number of nitrogens with one attached hydrogen (secondary N) is 1. The molecule has 0 amide bonds. The van der Waals surface area contributed by atoms with Crippen molar-refractivity contribution in [1.29, 1.82) is 0 Å². The van der Waals surface area contributed by atoms with Crippen molar-refractivity contribution < 1.29 is 17.9 Å². The van der Waals surface area contributed by atoms with Gasteiger partial charge in [0.15, 0.2) is 0 Å². The molecule has 1 saturated carbocycles. The molecule has 1 unspecified atom stereocenters. The van der Waals surface area contributed by atoms with Crippen LogP contribution in [-0.2, 0) is 14.8 Å². The van der Waals surface area contributed by atoms with Crippen molar-refractivity contribution in [2.45, 2.75) is 36.6 Å². The van der Waals surface area contributed by atoms with Crippen LogP contribution >= 0.6 is 11.6 Å². The maximum absolute atomic E-state index is 12.5. The smallest absolute Gasteiger partial charge is 0.339 e. The zero-order chi connectivity index (χ0) is 17.0. The first-order chi connectivity index (χ1) is 10.9. The van der Waals surface area contributed by atoms with Gasteiger partial charge in [-0.05, 0) is 37.0 Å². The van der Waals surface area contributed by atoms with Gasteiger partial charge in [0, 0.05) is 12.6 Å². The number of benzene rings is 1. The first-order valence-electron chi connectivity index (χ1n) is 7.49. The number of hydrogen-bond acceptors (Lipinski definition) is 5. The predicted octanol–water partition coefficient (Wildman–Crippen LogP) is 1.92. The van der Waals surface area contributed by atoms with Gasteiger partial charge >= 0.3 is 5.97 Å². The Kier molecular flexibility index (Phi) is 6.02. The normalized spacial score (nSPS) is 17.2. The number of halogens is 1. The predicted molar refractivity (Wildman–Crippen MR) is 87.9 cm³/mol. The molecule has 1 aromatic carbocycles. The molecule has 0 saturated heterocycles. The van der Waals surface area contributed by atoms with Crippen LogP contribution < -0.4 is 10.5 Å². The molecule has 6 nitrogen and oxygen atoms in total. The van der Waals surface area contributed by atoms with E-state index in [0.717, 1.165) is 25.7 Å². The molecular formula is C15H21ClN2O4S. The summed E-state index contributed by atoms with van der Waals surface area (Å²) in [7, 11) is -2.51. The summed E-state index contributed by atoms with van der Waals surface area (Å²) in [5.74, 6) is -0.350. The summed E-state index contributed by atoms with van der Waals surface area (Å²) < 4.78 is 32.3. The first-order valence-corrected chi connectivity index (χ1v) is 9.35. The molecule has 0 radical (unpaired) electrons. The number of carbonyl (C=O) groups is 1. The van der Waals surface area contributed by atoms with Crippen LogP contribution in [0, 0.1) is 5.92 Å². The van der Waals surface area contributed by atoms with Crippen molar-refractivity contribution in [3.63, 3.8) is 0 Å². The maximum atomic E-state index is 12.5. The Balaban J connectivity index is 2.21. The number of hydrogen-bond donors (Lipinski definition) is 2. The third-order valence-corrected chi connectivity index (χ3v) is 5.99. The highest BCUT2D eigenvalue weighted by Crippen LogP contribution is 2.28. The number of esters is 1. The lowest BCUT2D eigenvalue weighted by Crippen LogP contribution is -2.44. The average Bonchev–Trinajstić information content (AvgIpc) is 3.06. The summed E-state index contributed by atoms with van der Waals surface area (Å²) in [6, 6.07) is 3.64. The topological polar surface area (TPSA) is 98.5 Å². The Morgan fingerprint density at radius 1 is 1.43 bits per heavy atom. The molecule has 1 aliphatic carbocycles. The highest BCUT2D eigenvalue weighted by Gasteiger charge is 2.28. The van der Waals surface area contributed by atoms with E-state index in [-0.39, 0.29) is 34.0 Å². The highest BCUT2D eigenvalue weighted by atomic mass is 35.5. The molecule has 23 heavy (non-hydrogen) atoms. The van der Waals surface area contributed by atoms with Crippen LogP contribution in [0.1, 0.15) is 36.0 Å². The minimum absolute atomic E-state index is 0.00611. The molecule has 1 fully saturated rings. The van der Waals surface area contributed by atoms with E-state index in [0.29, 0.717) is 0 Å². The van der Waals surface area contributed by atoms with E-state index in [9.17, 15) is 13.2 Å². The van der Waals surface area contributed by atoms with Gasteiger partial charge in [-0.1, -0.05) is 24.4 Å². The molecule has 0 heterocycles. The van der Waals surface area contributed by atoms with Crippen LogP contribution in [0.4, 0.5) is 0 Å². The second kappa shape index (κ2) is 7.61. The quantitative estimate of drug-likeness (QED) is 0.755. The van der Waals surface area contributed by atoms with E-state index in [2.05, 4.69) is 9.46 Å². The molecule has 0 aliphatic heterocycles. The van der Waals surface area contributed by atoms with E-state index in [1.54, 1.807) is 0 Å². The van der Waals surface area contributed by atoms with Crippen molar-refractivity contribution >= 4 is 27.6 Å². The third-order valence-electron chi connectivity index (χ3n) is 4.19. The maximum Gasteiger partial charge on any atom is 0.339 e. The lowest BCUT2D eigenvalue weighted by Gasteiger charge is -2.23. The molecule has 1 aromatic rings. The summed E-state index contributed by atoms with van der Waals surface area (Å²) in [6.45, 7) is 0.248. The van der Waals surface area contributed by atoms with Crippen LogP contribution in [0.5, 0.6) is 0 Å². The zero-order valence-electron chi connectivity index (χ0n) is 12.9. The molecular weight excluding hydrogens is 340 g/mol. The monoisotopic (exact) mass is 360 g/mol. The fourth-order valence-corrected chi connectivity index (χ4v) is 4.57. The van der Waals surface area contributed by atoms with Crippen LogP contribution in [-0.4, -0.2) is 34.1 Å². The lowest BCUT2D eigenvalue weighted by atomic mass is 9.99. The van der Waals surface area contributed by atoms with Gasteiger partial charge < -0.3 is 10.5 Å². The Hall–Kier alpha value is -1.15. The molecule has 3 N–H and O–H groups in total. The molecule has 0 bridgehead atoms. The largest absolute Gasteiger partial charge is 0.465 e. The van der Waals surface area contributed by atoms with Crippen LogP contribution in [0.2, 0.25) is 5.02 Å². The Labute approximate surface area is 141 Å². The molecule has 128 valence electrons. The van der Waals surface area contributed by atoms with Crippen molar-refractivity contribution in [3.05, 3.63) is 28.8 Å². The average molecular weight is 361 g/mol. The van der Waals surface area contributed by atoms with Crippen LogP contribution in [0.3, 0.4) is 0 Å². The van der Waals surface area contributed by atoms with Gasteiger partial charge in [-0.2, -0.15) is 0 Å². The third kappa shape index (κ3) is 4.23. The summed E-state index contributed by atoms with van der Waals surface area (Å²) in [6.07, 6.45) is 4.16. The van der Waals surface area contributed by atoms with Crippen molar-refractivity contribution in [2.24, 2.45) is 11.7 Å². The molecule has 0 spiro atoms. The summed E-state index contributed by atoms with van der Waals surface area (Å²) in [4.78, 5) is 11.5. The molecule has 0 aromatic heterocycles. The number of carbonyl (C=O) groups excluding carboxylic acids is 1. The fraction of sp³-hybridized carbons (Fsp3) is 0.533. The van der Waals surface area contributed by atoms with E-state index >= 15 is 0 Å². The van der Waals surface area contributed by atoms with E-state index < -0.39 is 16.0 Å². The number of methoxy groups -OCH3 is 1. The number of sulfonamides is 1. The fourth-order valence-electron chi connectivity index (χ4n) is 2.90. The number of ether oxygens (including phenoxy) is 1. The molecule has 2 rings (SSSR count). The SMILES string of the molecule is COC(=O)c1ccc(S(=O)(=O)NC(CN)C2CCCC2)cc1Cl. The number of nitrogens with two attached hydrogens (primary N) is 1. The Morgan fingerprint density at radius 3 is 2.61 bits per heavy atom.